The zero-order chi connectivity index (χ0) is 10.4. The number of hydrogen-bond acceptors (Lipinski definition) is 1. The third kappa shape index (κ3) is 3.85. The van der Waals surface area contributed by atoms with Crippen LogP contribution < -0.4 is 15.8 Å². The lowest BCUT2D eigenvalue weighted by Gasteiger charge is -1.94. The van der Waals surface area contributed by atoms with E-state index in [4.69, 9.17) is 12.2 Å². The largest absolute Gasteiger partial charge is 0.361 e. The predicted molar refractivity (Wildman–Crippen MR) is 65.1 cm³/mol. The Balaban J connectivity index is 2.52. The van der Waals surface area contributed by atoms with Crippen molar-refractivity contribution in [2.45, 2.75) is 0 Å². The number of hydrogen-bond donors (Lipinski definition) is 3. The predicted octanol–water partition coefficient (Wildman–Crippen LogP) is -0.0425. The van der Waals surface area contributed by atoms with Crippen molar-refractivity contribution >= 4 is 39.5 Å². The number of halogens is 1. The Morgan fingerprint density at radius 3 is 2.64 bits per heavy atom. The van der Waals surface area contributed by atoms with Crippen molar-refractivity contribution in [2.75, 3.05) is 7.05 Å². The van der Waals surface area contributed by atoms with Gasteiger partial charge < -0.3 is 5.32 Å². The zero-order valence-electron chi connectivity index (χ0n) is 7.67. The van der Waals surface area contributed by atoms with Gasteiger partial charge in [0, 0.05) is 17.1 Å². The van der Waals surface area contributed by atoms with Gasteiger partial charge in [-0.2, -0.15) is 0 Å². The fraction of sp³-hybridized carbons (Fsp3) is 0.111. The molecule has 0 heterocycles. The van der Waals surface area contributed by atoms with E-state index in [-0.39, 0.29) is 0 Å². The lowest BCUT2D eigenvalue weighted by Crippen LogP contribution is -2.82. The Morgan fingerprint density at radius 1 is 1.43 bits per heavy atom. The number of benzene rings is 1. The lowest BCUT2D eigenvalue weighted by atomic mass is 10.2. The van der Waals surface area contributed by atoms with Crippen LogP contribution in [-0.2, 0) is 0 Å². The van der Waals surface area contributed by atoms with Gasteiger partial charge in [0.15, 0.2) is 6.21 Å². The molecular formula is C9H11BrN3S+. The summed E-state index contributed by atoms with van der Waals surface area (Å²) in [5.74, 6) is 0. The van der Waals surface area contributed by atoms with E-state index in [0.717, 1.165) is 10.0 Å². The maximum absolute atomic E-state index is 4.88. The van der Waals surface area contributed by atoms with E-state index in [2.05, 4.69) is 31.8 Å². The zero-order valence-corrected chi connectivity index (χ0v) is 10.1. The lowest BCUT2D eigenvalue weighted by molar-refractivity contribution is -0.500. The number of thiocarbonyl (C=S) groups is 1. The standard InChI is InChI=1S/C9H10BrN3S/c1-11-9(14)13-12-6-7-2-4-8(10)5-3-7/h2-6H,1H3,(H2,11,13,14)/p+1. The molecule has 0 aliphatic carbocycles. The molecule has 0 bridgehead atoms. The molecule has 5 heteroatoms. The van der Waals surface area contributed by atoms with Crippen LogP contribution in [0, 0.1) is 0 Å². The van der Waals surface area contributed by atoms with Crippen LogP contribution in [0.4, 0.5) is 0 Å². The van der Waals surface area contributed by atoms with Crippen LogP contribution in [0.5, 0.6) is 0 Å². The normalized spacial score (nSPS) is 10.1. The maximum Gasteiger partial charge on any atom is 0.223 e. The molecule has 74 valence electrons. The highest BCUT2D eigenvalue weighted by atomic mass is 79.9. The Bertz CT molecular complexity index is 334. The quantitative estimate of drug-likeness (QED) is 0.402. The molecule has 0 atom stereocenters. The summed E-state index contributed by atoms with van der Waals surface area (Å²) in [5.41, 5.74) is 3.87. The molecule has 0 spiro atoms. The molecule has 0 aromatic heterocycles. The Labute approximate surface area is 96.7 Å². The molecule has 0 saturated heterocycles. The van der Waals surface area contributed by atoms with Crippen molar-refractivity contribution in [1.29, 1.82) is 0 Å². The van der Waals surface area contributed by atoms with E-state index in [1.54, 1.807) is 7.05 Å². The van der Waals surface area contributed by atoms with Gasteiger partial charge in [-0.1, -0.05) is 15.9 Å². The summed E-state index contributed by atoms with van der Waals surface area (Å²) in [6.07, 6.45) is 1.83. The smallest absolute Gasteiger partial charge is 0.223 e. The second-order valence-electron chi connectivity index (χ2n) is 2.54. The van der Waals surface area contributed by atoms with Crippen LogP contribution in [0.3, 0.4) is 0 Å². The van der Waals surface area contributed by atoms with E-state index in [1.807, 2.05) is 30.5 Å². The summed E-state index contributed by atoms with van der Waals surface area (Å²) in [5, 5.41) is 6.22. The van der Waals surface area contributed by atoms with Crippen LogP contribution in [0.2, 0.25) is 0 Å². The van der Waals surface area contributed by atoms with E-state index in [0.29, 0.717) is 5.11 Å². The van der Waals surface area contributed by atoms with Crippen molar-refractivity contribution in [3.8, 4) is 0 Å². The molecule has 14 heavy (non-hydrogen) atoms. The highest BCUT2D eigenvalue weighted by Crippen LogP contribution is 2.08. The van der Waals surface area contributed by atoms with E-state index in [9.17, 15) is 0 Å². The second kappa shape index (κ2) is 5.72. The van der Waals surface area contributed by atoms with Gasteiger partial charge in [0.2, 0.25) is 5.11 Å². The van der Waals surface area contributed by atoms with Crippen LogP contribution in [0.25, 0.3) is 0 Å². The monoisotopic (exact) mass is 272 g/mol. The molecule has 1 aromatic carbocycles. The van der Waals surface area contributed by atoms with E-state index < -0.39 is 0 Å². The van der Waals surface area contributed by atoms with Gasteiger partial charge in [-0.3, -0.25) is 0 Å². The Morgan fingerprint density at radius 2 is 2.07 bits per heavy atom. The van der Waals surface area contributed by atoms with Crippen LogP contribution in [0.15, 0.2) is 28.7 Å². The summed E-state index contributed by atoms with van der Waals surface area (Å²) in [6, 6.07) is 7.93. The molecule has 0 radical (unpaired) electrons. The summed E-state index contributed by atoms with van der Waals surface area (Å²) in [7, 11) is 1.76. The molecule has 0 amide bonds. The maximum atomic E-state index is 4.88. The van der Waals surface area contributed by atoms with Gasteiger partial charge >= 0.3 is 0 Å². The number of rotatable bonds is 2. The molecule has 1 rings (SSSR count). The average molecular weight is 273 g/mol. The summed E-state index contributed by atoms with van der Waals surface area (Å²) < 4.78 is 1.06. The summed E-state index contributed by atoms with van der Waals surface area (Å²) >= 11 is 8.25. The van der Waals surface area contributed by atoms with Crippen LogP contribution in [-0.4, -0.2) is 18.4 Å². The van der Waals surface area contributed by atoms with Crippen LogP contribution >= 0.6 is 28.1 Å². The molecule has 0 saturated carbocycles. The van der Waals surface area contributed by atoms with Gasteiger partial charge in [0.1, 0.15) is 0 Å². The molecule has 1 aromatic rings. The van der Waals surface area contributed by atoms with E-state index in [1.165, 1.54) is 0 Å². The summed E-state index contributed by atoms with van der Waals surface area (Å²) in [4.78, 5) is 0. The molecule has 0 unspecified atom stereocenters. The van der Waals surface area contributed by atoms with E-state index >= 15 is 0 Å². The number of nitrogens with one attached hydrogen (secondary N) is 3. The minimum absolute atomic E-state index is 0.554. The minimum Gasteiger partial charge on any atom is -0.361 e. The van der Waals surface area contributed by atoms with Gasteiger partial charge in [-0.05, 0) is 36.5 Å². The molecule has 0 fully saturated rings. The fourth-order valence-corrected chi connectivity index (χ4v) is 1.13. The molecule has 0 aliphatic heterocycles. The Hall–Kier alpha value is -0.940. The highest BCUT2D eigenvalue weighted by Gasteiger charge is 1.92. The van der Waals surface area contributed by atoms with Crippen molar-refractivity contribution in [1.82, 2.24) is 10.7 Å². The molecule has 3 N–H and O–H groups in total. The molecule has 3 nitrogen and oxygen atoms in total. The first-order chi connectivity index (χ1) is 6.72. The number of hydrazine groups is 1. The van der Waals surface area contributed by atoms with Crippen molar-refractivity contribution in [3.05, 3.63) is 34.3 Å². The first-order valence-electron chi connectivity index (χ1n) is 4.04. The van der Waals surface area contributed by atoms with Crippen LogP contribution in [0.1, 0.15) is 5.56 Å². The number of hydrazone groups is 1. The molecule has 0 aliphatic rings. The first-order valence-corrected chi connectivity index (χ1v) is 5.24. The fourth-order valence-electron chi connectivity index (χ4n) is 0.806. The summed E-state index contributed by atoms with van der Waals surface area (Å²) in [6.45, 7) is 0. The van der Waals surface area contributed by atoms with Gasteiger partial charge in [-0.25, -0.2) is 0 Å². The SMILES string of the molecule is CNC(=S)N[NH+]=Cc1ccc(Br)cc1. The third-order valence-corrected chi connectivity index (χ3v) is 2.36. The van der Waals surface area contributed by atoms with Crippen molar-refractivity contribution in [2.24, 2.45) is 0 Å². The van der Waals surface area contributed by atoms with Gasteiger partial charge in [0.25, 0.3) is 0 Å². The van der Waals surface area contributed by atoms with Crippen molar-refractivity contribution < 1.29 is 5.10 Å². The average Bonchev–Trinajstić information content (AvgIpc) is 2.21. The van der Waals surface area contributed by atoms with Gasteiger partial charge in [0.05, 0.1) is 0 Å². The topological polar surface area (TPSA) is 38.0 Å². The Kier molecular flexibility index (Phi) is 4.55. The molecular weight excluding hydrogens is 262 g/mol. The highest BCUT2D eigenvalue weighted by molar-refractivity contribution is 9.10. The first kappa shape index (κ1) is 11.1. The third-order valence-electron chi connectivity index (χ3n) is 1.52. The minimum atomic E-state index is 0.554. The van der Waals surface area contributed by atoms with Crippen molar-refractivity contribution in [3.63, 3.8) is 0 Å². The van der Waals surface area contributed by atoms with Gasteiger partial charge in [-0.15, -0.1) is 10.5 Å². The second-order valence-corrected chi connectivity index (χ2v) is 3.87.